The van der Waals surface area contributed by atoms with Gasteiger partial charge in [0.15, 0.2) is 0 Å². The van der Waals surface area contributed by atoms with E-state index in [1.807, 2.05) is 0 Å². The smallest absolute Gasteiger partial charge is 0.250 e. The van der Waals surface area contributed by atoms with Crippen molar-refractivity contribution in [3.8, 4) is 0 Å². The van der Waals surface area contributed by atoms with Crippen LogP contribution >= 0.6 is 0 Å². The van der Waals surface area contributed by atoms with Crippen molar-refractivity contribution < 1.29 is 28.6 Å². The Morgan fingerprint density at radius 1 is 1.17 bits per heavy atom. The van der Waals surface area contributed by atoms with Gasteiger partial charge in [-0.15, -0.1) is 0 Å². The number of aliphatic hydroxyl groups is 2. The Morgan fingerprint density at radius 3 is 2.41 bits per heavy atom. The monoisotopic (exact) mass is 416 g/mol. The Morgan fingerprint density at radius 2 is 1.79 bits per heavy atom. The van der Waals surface area contributed by atoms with E-state index < -0.39 is 47.8 Å². The molecule has 0 aromatic heterocycles. The van der Waals surface area contributed by atoms with E-state index in [0.29, 0.717) is 0 Å². The Balaban J connectivity index is 2.43. The van der Waals surface area contributed by atoms with Crippen LogP contribution in [0.2, 0.25) is 0 Å². The molecule has 0 aliphatic carbocycles. The minimum absolute atomic E-state index is 0.0134. The summed E-state index contributed by atoms with van der Waals surface area (Å²) in [6.07, 6.45) is -1.60. The van der Waals surface area contributed by atoms with Crippen molar-refractivity contribution in [3.63, 3.8) is 0 Å². The largest absolute Gasteiger partial charge is 0.395 e. The second kappa shape index (κ2) is 11.1. The fraction of sp³-hybridized carbons (Fsp3) is 0.579. The number of carbonyl (C=O) groups excluding carboxylic acids is 2. The van der Waals surface area contributed by atoms with Crippen LogP contribution in [0.1, 0.15) is 25.8 Å². The number of hydrogen-bond donors (Lipinski definition) is 6. The summed E-state index contributed by atoms with van der Waals surface area (Å²) >= 11 is 0. The first-order valence-electron chi connectivity index (χ1n) is 9.23. The number of aliphatic hydroxyl groups excluding tert-OH is 2. The molecule has 0 radical (unpaired) electrons. The van der Waals surface area contributed by atoms with E-state index in [2.05, 4.69) is 10.6 Å². The third-order valence-electron chi connectivity index (χ3n) is 4.33. The van der Waals surface area contributed by atoms with E-state index in [9.17, 15) is 23.5 Å². The van der Waals surface area contributed by atoms with Crippen LogP contribution in [-0.4, -0.2) is 59.9 Å². The minimum atomic E-state index is -1.54. The molecular formula is C19H30F2N4O4. The molecule has 164 valence electrons. The molecule has 0 aliphatic rings. The fourth-order valence-corrected chi connectivity index (χ4v) is 2.49. The van der Waals surface area contributed by atoms with Crippen molar-refractivity contribution in [2.75, 3.05) is 19.7 Å². The number of benzene rings is 1. The summed E-state index contributed by atoms with van der Waals surface area (Å²) in [4.78, 5) is 23.9. The van der Waals surface area contributed by atoms with Gasteiger partial charge in [0.25, 0.3) is 5.91 Å². The lowest BCUT2D eigenvalue weighted by atomic mass is 9.93. The highest BCUT2D eigenvalue weighted by Gasteiger charge is 2.26. The molecule has 29 heavy (non-hydrogen) atoms. The van der Waals surface area contributed by atoms with Crippen molar-refractivity contribution >= 4 is 11.8 Å². The maximum absolute atomic E-state index is 13.7. The molecule has 3 atom stereocenters. The molecule has 3 unspecified atom stereocenters. The average Bonchev–Trinajstić information content (AvgIpc) is 2.66. The molecule has 8 nitrogen and oxygen atoms in total. The standard InChI is InChI=1S/C19H30F2N4O4/c1-19(2,10-25-18(29)17(28)15(23)8-26)9-24-16(27)7-13(22)6-11-5-12(20)3-4-14(11)21/h3-5,13,15,17,26,28H,6-10,22-23H2,1-2H3,(H,24,27)(H,25,29). The summed E-state index contributed by atoms with van der Waals surface area (Å²) in [5.41, 5.74) is 10.8. The molecule has 0 bridgehead atoms. The maximum atomic E-state index is 13.7. The summed E-state index contributed by atoms with van der Waals surface area (Å²) in [5.74, 6) is -2.24. The lowest BCUT2D eigenvalue weighted by molar-refractivity contribution is -0.131. The molecule has 0 aliphatic heterocycles. The first-order valence-corrected chi connectivity index (χ1v) is 9.23. The van der Waals surface area contributed by atoms with Crippen molar-refractivity contribution in [3.05, 3.63) is 35.4 Å². The van der Waals surface area contributed by atoms with Crippen molar-refractivity contribution in [2.45, 2.75) is 44.9 Å². The van der Waals surface area contributed by atoms with E-state index in [0.717, 1.165) is 18.2 Å². The SMILES string of the molecule is CC(C)(CNC(=O)CC(N)Cc1cc(F)ccc1F)CNC(=O)C(O)C(N)CO. The lowest BCUT2D eigenvalue weighted by Gasteiger charge is -2.27. The van der Waals surface area contributed by atoms with Gasteiger partial charge in [-0.25, -0.2) is 8.78 Å². The van der Waals surface area contributed by atoms with Crippen LogP contribution in [0, 0.1) is 17.0 Å². The van der Waals surface area contributed by atoms with Gasteiger partial charge in [-0.05, 0) is 35.6 Å². The Bertz CT molecular complexity index is 703. The van der Waals surface area contributed by atoms with Crippen LogP contribution in [0.3, 0.4) is 0 Å². The quantitative estimate of drug-likeness (QED) is 0.277. The normalized spacial score (nSPS) is 14.8. The third-order valence-corrected chi connectivity index (χ3v) is 4.33. The predicted octanol–water partition coefficient (Wildman–Crippen LogP) is -0.836. The molecule has 0 saturated heterocycles. The Labute approximate surface area is 168 Å². The van der Waals surface area contributed by atoms with Crippen LogP contribution < -0.4 is 22.1 Å². The summed E-state index contributed by atoms with van der Waals surface area (Å²) in [7, 11) is 0. The summed E-state index contributed by atoms with van der Waals surface area (Å²) in [6, 6.07) is 1.30. The minimum Gasteiger partial charge on any atom is -0.395 e. The summed E-state index contributed by atoms with van der Waals surface area (Å²) in [5, 5.41) is 23.7. The maximum Gasteiger partial charge on any atom is 0.250 e. The van der Waals surface area contributed by atoms with Crippen LogP contribution in [0.15, 0.2) is 18.2 Å². The van der Waals surface area contributed by atoms with Crippen molar-refractivity contribution in [2.24, 2.45) is 16.9 Å². The number of nitrogens with two attached hydrogens (primary N) is 2. The molecule has 1 aromatic rings. The van der Waals surface area contributed by atoms with Gasteiger partial charge in [0, 0.05) is 25.6 Å². The number of hydrogen-bond acceptors (Lipinski definition) is 6. The molecule has 2 amide bonds. The number of halogens is 2. The second-order valence-corrected chi connectivity index (χ2v) is 7.85. The van der Waals surface area contributed by atoms with Gasteiger partial charge in [-0.3, -0.25) is 9.59 Å². The van der Waals surface area contributed by atoms with Gasteiger partial charge in [0.1, 0.15) is 17.7 Å². The van der Waals surface area contributed by atoms with Crippen molar-refractivity contribution in [1.29, 1.82) is 0 Å². The number of nitrogens with one attached hydrogen (secondary N) is 2. The molecular weight excluding hydrogens is 386 g/mol. The van der Waals surface area contributed by atoms with Crippen molar-refractivity contribution in [1.82, 2.24) is 10.6 Å². The first kappa shape index (κ1) is 24.9. The van der Waals surface area contributed by atoms with E-state index in [1.165, 1.54) is 0 Å². The topological polar surface area (TPSA) is 151 Å². The van der Waals surface area contributed by atoms with E-state index in [-0.39, 0.29) is 37.4 Å². The highest BCUT2D eigenvalue weighted by molar-refractivity contribution is 5.81. The van der Waals surface area contributed by atoms with Crippen LogP contribution in [0.25, 0.3) is 0 Å². The molecule has 1 rings (SSSR count). The van der Waals surface area contributed by atoms with Gasteiger partial charge in [-0.2, -0.15) is 0 Å². The number of rotatable bonds is 11. The molecule has 10 heteroatoms. The number of carbonyl (C=O) groups is 2. The zero-order valence-electron chi connectivity index (χ0n) is 16.6. The van der Waals surface area contributed by atoms with Crippen LogP contribution in [0.4, 0.5) is 8.78 Å². The molecule has 0 heterocycles. The molecule has 0 spiro atoms. The van der Waals surface area contributed by atoms with Gasteiger partial charge >= 0.3 is 0 Å². The van der Waals surface area contributed by atoms with E-state index in [1.54, 1.807) is 13.8 Å². The highest BCUT2D eigenvalue weighted by Crippen LogP contribution is 2.14. The first-order chi connectivity index (χ1) is 13.4. The third kappa shape index (κ3) is 8.82. The molecule has 1 aromatic carbocycles. The lowest BCUT2D eigenvalue weighted by Crippen LogP contribution is -2.51. The molecule has 8 N–H and O–H groups in total. The average molecular weight is 416 g/mol. The molecule has 0 saturated carbocycles. The summed E-state index contributed by atoms with van der Waals surface area (Å²) < 4.78 is 26.9. The van der Waals surface area contributed by atoms with E-state index in [4.69, 9.17) is 16.6 Å². The Hall–Kier alpha value is -2.14. The highest BCUT2D eigenvalue weighted by atomic mass is 19.1. The van der Waals surface area contributed by atoms with Gasteiger partial charge in [-0.1, -0.05) is 13.8 Å². The predicted molar refractivity (Wildman–Crippen MR) is 104 cm³/mol. The fourth-order valence-electron chi connectivity index (χ4n) is 2.49. The second-order valence-electron chi connectivity index (χ2n) is 7.85. The van der Waals surface area contributed by atoms with Crippen LogP contribution in [-0.2, 0) is 16.0 Å². The number of amides is 2. The van der Waals surface area contributed by atoms with Gasteiger partial charge in [0.2, 0.25) is 5.91 Å². The molecule has 0 fully saturated rings. The zero-order valence-corrected chi connectivity index (χ0v) is 16.6. The Kier molecular flexibility index (Phi) is 9.57. The van der Waals surface area contributed by atoms with Crippen LogP contribution in [0.5, 0.6) is 0 Å². The summed E-state index contributed by atoms with van der Waals surface area (Å²) in [6.45, 7) is 3.38. The van der Waals surface area contributed by atoms with Gasteiger partial charge < -0.3 is 32.3 Å². The van der Waals surface area contributed by atoms with E-state index >= 15 is 0 Å². The van der Waals surface area contributed by atoms with Gasteiger partial charge in [0.05, 0.1) is 12.6 Å². The zero-order chi connectivity index (χ0) is 22.2.